The Labute approximate surface area is 113 Å². The summed E-state index contributed by atoms with van der Waals surface area (Å²) in [5.41, 5.74) is 9.21. The fourth-order valence-electron chi connectivity index (χ4n) is 2.06. The number of ether oxygens (including phenoxy) is 2. The van der Waals surface area contributed by atoms with Gasteiger partial charge in [0.25, 0.3) is 0 Å². The van der Waals surface area contributed by atoms with Crippen LogP contribution in [0.2, 0.25) is 0 Å². The number of imidazole rings is 1. The second kappa shape index (κ2) is 6.54. The van der Waals surface area contributed by atoms with Gasteiger partial charge in [-0.3, -0.25) is 0 Å². The fourth-order valence-corrected chi connectivity index (χ4v) is 2.06. The molecule has 0 unspecified atom stereocenters. The Morgan fingerprint density at radius 1 is 1.26 bits per heavy atom. The van der Waals surface area contributed by atoms with E-state index in [2.05, 4.69) is 18.0 Å². The summed E-state index contributed by atoms with van der Waals surface area (Å²) in [5, 5.41) is 0. The number of aromatic nitrogens is 2. The van der Waals surface area contributed by atoms with Crippen molar-refractivity contribution in [2.75, 3.05) is 32.7 Å². The van der Waals surface area contributed by atoms with E-state index < -0.39 is 0 Å². The van der Waals surface area contributed by atoms with Crippen LogP contribution in [-0.4, -0.2) is 36.5 Å². The number of nitrogens with zero attached hydrogens (tertiary/aromatic N) is 2. The van der Waals surface area contributed by atoms with E-state index in [0.29, 0.717) is 25.8 Å². The van der Waals surface area contributed by atoms with Crippen molar-refractivity contribution in [3.63, 3.8) is 0 Å². The van der Waals surface area contributed by atoms with Crippen LogP contribution >= 0.6 is 0 Å². The summed E-state index contributed by atoms with van der Waals surface area (Å²) in [7, 11) is 1.67. The van der Waals surface area contributed by atoms with Crippen LogP contribution in [0.5, 0.6) is 0 Å². The average molecular weight is 263 g/mol. The van der Waals surface area contributed by atoms with E-state index in [-0.39, 0.29) is 0 Å². The minimum Gasteiger partial charge on any atom is -0.382 e. The number of methoxy groups -OCH3 is 1. The fraction of sp³-hybridized carbons (Fsp3) is 0.500. The first kappa shape index (κ1) is 13.8. The third kappa shape index (κ3) is 3.45. The van der Waals surface area contributed by atoms with Crippen LogP contribution < -0.4 is 5.73 Å². The number of hydrogen-bond donors (Lipinski definition) is 1. The molecule has 2 N–H and O–H groups in total. The van der Waals surface area contributed by atoms with E-state index in [0.717, 1.165) is 24.0 Å². The Hall–Kier alpha value is -1.59. The molecule has 0 amide bonds. The largest absolute Gasteiger partial charge is 0.382 e. The Balaban J connectivity index is 1.96. The van der Waals surface area contributed by atoms with Gasteiger partial charge in [0.05, 0.1) is 24.2 Å². The molecule has 1 aromatic carbocycles. The lowest BCUT2D eigenvalue weighted by Crippen LogP contribution is -2.08. The third-order valence-corrected chi connectivity index (χ3v) is 3.04. The summed E-state index contributed by atoms with van der Waals surface area (Å²) < 4.78 is 12.4. The van der Waals surface area contributed by atoms with Crippen LogP contribution in [0.4, 0.5) is 5.95 Å². The maximum absolute atomic E-state index is 5.96. The van der Waals surface area contributed by atoms with E-state index in [1.165, 1.54) is 5.56 Å². The monoisotopic (exact) mass is 263 g/mol. The number of benzene rings is 1. The second-order valence-electron chi connectivity index (χ2n) is 4.57. The highest BCUT2D eigenvalue weighted by Crippen LogP contribution is 2.19. The van der Waals surface area contributed by atoms with Gasteiger partial charge in [0, 0.05) is 20.3 Å². The normalized spacial score (nSPS) is 11.3. The van der Waals surface area contributed by atoms with E-state index in [1.54, 1.807) is 7.11 Å². The minimum atomic E-state index is 0.567. The zero-order chi connectivity index (χ0) is 13.7. The molecule has 1 heterocycles. The Morgan fingerprint density at radius 2 is 2.11 bits per heavy atom. The minimum absolute atomic E-state index is 0.567. The standard InChI is InChI=1S/C14H21N3O2/c1-11-4-5-12-13(10-11)17(14(15)16-12)6-3-7-19-9-8-18-2/h4-5,10H,3,6-9H2,1-2H3,(H2,15,16). The molecule has 0 aliphatic rings. The van der Waals surface area contributed by atoms with Crippen molar-refractivity contribution < 1.29 is 9.47 Å². The predicted molar refractivity (Wildman–Crippen MR) is 76.2 cm³/mol. The van der Waals surface area contributed by atoms with Gasteiger partial charge in [-0.25, -0.2) is 4.98 Å². The summed E-state index contributed by atoms with van der Waals surface area (Å²) in [6, 6.07) is 6.17. The van der Waals surface area contributed by atoms with Crippen LogP contribution in [0.3, 0.4) is 0 Å². The van der Waals surface area contributed by atoms with Gasteiger partial charge in [-0.1, -0.05) is 6.07 Å². The molecule has 0 bridgehead atoms. The lowest BCUT2D eigenvalue weighted by molar-refractivity contribution is 0.0682. The zero-order valence-electron chi connectivity index (χ0n) is 11.6. The molecule has 0 saturated heterocycles. The van der Waals surface area contributed by atoms with Crippen molar-refractivity contribution in [3.05, 3.63) is 23.8 Å². The Morgan fingerprint density at radius 3 is 2.89 bits per heavy atom. The van der Waals surface area contributed by atoms with Crippen LogP contribution in [0.25, 0.3) is 11.0 Å². The van der Waals surface area contributed by atoms with Gasteiger partial charge in [-0.2, -0.15) is 0 Å². The van der Waals surface area contributed by atoms with E-state index in [9.17, 15) is 0 Å². The highest BCUT2D eigenvalue weighted by molar-refractivity contribution is 5.79. The number of nitrogen functional groups attached to an aromatic ring is 1. The van der Waals surface area contributed by atoms with Crippen LogP contribution in [-0.2, 0) is 16.0 Å². The van der Waals surface area contributed by atoms with Gasteiger partial charge in [-0.15, -0.1) is 0 Å². The van der Waals surface area contributed by atoms with Crippen LogP contribution in [0.1, 0.15) is 12.0 Å². The summed E-state index contributed by atoms with van der Waals surface area (Å²) in [6.07, 6.45) is 0.910. The maximum atomic E-state index is 5.96. The lowest BCUT2D eigenvalue weighted by Gasteiger charge is -2.07. The molecule has 2 rings (SSSR count). The van der Waals surface area contributed by atoms with Crippen molar-refractivity contribution in [1.82, 2.24) is 9.55 Å². The molecule has 104 valence electrons. The number of fused-ring (bicyclic) bond motifs is 1. The molecule has 0 saturated carbocycles. The SMILES string of the molecule is COCCOCCCn1c(N)nc2ccc(C)cc21. The van der Waals surface area contributed by atoms with Gasteiger partial charge < -0.3 is 19.8 Å². The smallest absolute Gasteiger partial charge is 0.201 e. The van der Waals surface area contributed by atoms with E-state index >= 15 is 0 Å². The average Bonchev–Trinajstić information content (AvgIpc) is 2.69. The second-order valence-corrected chi connectivity index (χ2v) is 4.57. The lowest BCUT2D eigenvalue weighted by atomic mass is 10.2. The summed E-state index contributed by atoms with van der Waals surface area (Å²) >= 11 is 0. The molecule has 0 atom stereocenters. The molecule has 0 aliphatic carbocycles. The number of nitrogens with two attached hydrogens (primary N) is 1. The van der Waals surface area contributed by atoms with Gasteiger partial charge in [0.1, 0.15) is 0 Å². The highest BCUT2D eigenvalue weighted by Gasteiger charge is 2.07. The van der Waals surface area contributed by atoms with Gasteiger partial charge in [-0.05, 0) is 31.0 Å². The Bertz CT molecular complexity index is 537. The third-order valence-electron chi connectivity index (χ3n) is 3.04. The van der Waals surface area contributed by atoms with Gasteiger partial charge in [0.2, 0.25) is 5.95 Å². The molecule has 0 spiro atoms. The van der Waals surface area contributed by atoms with Crippen molar-refractivity contribution >= 4 is 17.0 Å². The Kier molecular flexibility index (Phi) is 4.76. The van der Waals surface area contributed by atoms with Crippen molar-refractivity contribution in [3.8, 4) is 0 Å². The number of anilines is 1. The topological polar surface area (TPSA) is 62.3 Å². The highest BCUT2D eigenvalue weighted by atomic mass is 16.5. The number of hydrogen-bond acceptors (Lipinski definition) is 4. The molecule has 5 heteroatoms. The molecular weight excluding hydrogens is 242 g/mol. The quantitative estimate of drug-likeness (QED) is 0.776. The number of rotatable bonds is 7. The summed E-state index contributed by atoms with van der Waals surface area (Å²) in [5.74, 6) is 0.567. The van der Waals surface area contributed by atoms with Crippen molar-refractivity contribution in [2.45, 2.75) is 19.9 Å². The molecule has 19 heavy (non-hydrogen) atoms. The van der Waals surface area contributed by atoms with Crippen molar-refractivity contribution in [1.29, 1.82) is 0 Å². The molecule has 5 nitrogen and oxygen atoms in total. The van der Waals surface area contributed by atoms with Gasteiger partial charge in [0.15, 0.2) is 0 Å². The molecule has 0 aliphatic heterocycles. The zero-order valence-corrected chi connectivity index (χ0v) is 11.6. The summed E-state index contributed by atoms with van der Waals surface area (Å²) in [4.78, 5) is 4.36. The predicted octanol–water partition coefficient (Wildman–Crippen LogP) is 1.98. The van der Waals surface area contributed by atoms with E-state index in [4.69, 9.17) is 15.2 Å². The summed E-state index contributed by atoms with van der Waals surface area (Å²) in [6.45, 7) is 4.86. The molecule has 2 aromatic rings. The van der Waals surface area contributed by atoms with E-state index in [1.807, 2.05) is 16.7 Å². The maximum Gasteiger partial charge on any atom is 0.201 e. The molecular formula is C14H21N3O2. The number of aryl methyl sites for hydroxylation is 2. The first-order valence-corrected chi connectivity index (χ1v) is 6.51. The molecule has 0 radical (unpaired) electrons. The molecule has 1 aromatic heterocycles. The van der Waals surface area contributed by atoms with Crippen LogP contribution in [0, 0.1) is 6.92 Å². The molecule has 0 fully saturated rings. The van der Waals surface area contributed by atoms with Crippen molar-refractivity contribution in [2.24, 2.45) is 0 Å². The first-order chi connectivity index (χ1) is 9.22. The van der Waals surface area contributed by atoms with Crippen LogP contribution in [0.15, 0.2) is 18.2 Å². The van der Waals surface area contributed by atoms with Gasteiger partial charge >= 0.3 is 0 Å². The first-order valence-electron chi connectivity index (χ1n) is 6.51.